The minimum Gasteiger partial charge on any atom is -0.496 e. The van der Waals surface area contributed by atoms with Gasteiger partial charge in [0, 0.05) is 23.1 Å². The molecule has 0 heterocycles. The van der Waals surface area contributed by atoms with Crippen LogP contribution in [0.5, 0.6) is 5.75 Å². The highest BCUT2D eigenvalue weighted by atomic mass is 32.2. The maximum Gasteiger partial charge on any atom is 0.123 e. The van der Waals surface area contributed by atoms with Gasteiger partial charge in [-0.1, -0.05) is 24.6 Å². The zero-order chi connectivity index (χ0) is 13.4. The van der Waals surface area contributed by atoms with Crippen molar-refractivity contribution in [2.45, 2.75) is 19.9 Å². The number of aliphatic hydroxyl groups excluding tert-OH is 1. The maximum atomic E-state index is 8.86. The van der Waals surface area contributed by atoms with Crippen molar-refractivity contribution in [1.82, 2.24) is 5.32 Å². The number of benzene rings is 1. The zero-order valence-electron chi connectivity index (χ0n) is 11.4. The van der Waals surface area contributed by atoms with E-state index in [4.69, 9.17) is 9.84 Å². The topological polar surface area (TPSA) is 41.5 Å². The molecule has 0 spiro atoms. The SMILES string of the molecule is CCNC(CSCCO)c1cc(C)ccc1OC. The molecule has 0 aliphatic carbocycles. The minimum atomic E-state index is 0.231. The number of rotatable bonds is 8. The lowest BCUT2D eigenvalue weighted by Crippen LogP contribution is -2.24. The highest BCUT2D eigenvalue weighted by Crippen LogP contribution is 2.28. The van der Waals surface area contributed by atoms with Crippen molar-refractivity contribution in [3.8, 4) is 5.75 Å². The summed E-state index contributed by atoms with van der Waals surface area (Å²) in [5, 5.41) is 12.3. The Balaban J connectivity index is 2.85. The normalized spacial score (nSPS) is 12.4. The van der Waals surface area contributed by atoms with Gasteiger partial charge < -0.3 is 15.2 Å². The zero-order valence-corrected chi connectivity index (χ0v) is 12.2. The Labute approximate surface area is 114 Å². The molecule has 4 heteroatoms. The van der Waals surface area contributed by atoms with Crippen molar-refractivity contribution < 1.29 is 9.84 Å². The molecule has 0 saturated carbocycles. The van der Waals surface area contributed by atoms with Gasteiger partial charge in [0.25, 0.3) is 0 Å². The predicted octanol–water partition coefficient (Wildman–Crippen LogP) is 2.38. The predicted molar refractivity (Wildman–Crippen MR) is 78.6 cm³/mol. The van der Waals surface area contributed by atoms with Gasteiger partial charge in [-0.2, -0.15) is 11.8 Å². The highest BCUT2D eigenvalue weighted by molar-refractivity contribution is 7.99. The monoisotopic (exact) mass is 269 g/mol. The molecule has 1 aromatic carbocycles. The second-order valence-electron chi connectivity index (χ2n) is 4.15. The number of thioether (sulfide) groups is 1. The molecule has 102 valence electrons. The van der Waals surface area contributed by atoms with Gasteiger partial charge in [-0.3, -0.25) is 0 Å². The lowest BCUT2D eigenvalue weighted by atomic mass is 10.0. The number of hydrogen-bond donors (Lipinski definition) is 2. The Bertz CT molecular complexity index is 358. The number of ether oxygens (including phenoxy) is 1. The van der Waals surface area contributed by atoms with Crippen molar-refractivity contribution in [2.75, 3.05) is 31.8 Å². The van der Waals surface area contributed by atoms with Crippen molar-refractivity contribution in [1.29, 1.82) is 0 Å². The molecule has 1 aromatic rings. The first kappa shape index (κ1) is 15.3. The van der Waals surface area contributed by atoms with Gasteiger partial charge in [-0.25, -0.2) is 0 Å². The molecule has 1 atom stereocenters. The Morgan fingerprint density at radius 1 is 1.44 bits per heavy atom. The summed E-state index contributed by atoms with van der Waals surface area (Å²) in [6.07, 6.45) is 0. The van der Waals surface area contributed by atoms with Crippen molar-refractivity contribution in [2.24, 2.45) is 0 Å². The lowest BCUT2D eigenvalue weighted by Gasteiger charge is -2.21. The van der Waals surface area contributed by atoms with Crippen molar-refractivity contribution in [3.63, 3.8) is 0 Å². The summed E-state index contributed by atoms with van der Waals surface area (Å²) in [6.45, 7) is 5.34. The highest BCUT2D eigenvalue weighted by Gasteiger charge is 2.15. The smallest absolute Gasteiger partial charge is 0.123 e. The third-order valence-electron chi connectivity index (χ3n) is 2.73. The first-order chi connectivity index (χ1) is 8.72. The Kier molecular flexibility index (Phi) is 7.16. The van der Waals surface area contributed by atoms with Crippen LogP contribution in [0.4, 0.5) is 0 Å². The minimum absolute atomic E-state index is 0.231. The van der Waals surface area contributed by atoms with Crippen molar-refractivity contribution in [3.05, 3.63) is 29.3 Å². The fraction of sp³-hybridized carbons (Fsp3) is 0.571. The van der Waals surface area contributed by atoms with E-state index >= 15 is 0 Å². The maximum absolute atomic E-state index is 8.86. The van der Waals surface area contributed by atoms with Gasteiger partial charge >= 0.3 is 0 Å². The van der Waals surface area contributed by atoms with Gasteiger partial charge in [0.15, 0.2) is 0 Å². The number of methoxy groups -OCH3 is 1. The van der Waals surface area contributed by atoms with Crippen LogP contribution in [0.3, 0.4) is 0 Å². The van der Waals surface area contributed by atoms with Crippen LogP contribution in [0.15, 0.2) is 18.2 Å². The number of nitrogens with one attached hydrogen (secondary N) is 1. The summed E-state index contributed by atoms with van der Waals surface area (Å²) >= 11 is 1.75. The van der Waals surface area contributed by atoms with Gasteiger partial charge in [-0.15, -0.1) is 0 Å². The molecule has 2 N–H and O–H groups in total. The van der Waals surface area contributed by atoms with E-state index in [0.29, 0.717) is 0 Å². The van der Waals surface area contributed by atoms with Gasteiger partial charge in [0.1, 0.15) is 5.75 Å². The lowest BCUT2D eigenvalue weighted by molar-refractivity contribution is 0.322. The van der Waals surface area contributed by atoms with Crippen LogP contribution in [0.1, 0.15) is 24.1 Å². The summed E-state index contributed by atoms with van der Waals surface area (Å²) in [5.74, 6) is 2.64. The summed E-state index contributed by atoms with van der Waals surface area (Å²) in [4.78, 5) is 0. The number of aliphatic hydroxyl groups is 1. The van der Waals surface area contributed by atoms with E-state index in [1.807, 2.05) is 6.07 Å². The van der Waals surface area contributed by atoms with E-state index in [2.05, 4.69) is 31.3 Å². The van der Waals surface area contributed by atoms with E-state index in [1.54, 1.807) is 18.9 Å². The summed E-state index contributed by atoms with van der Waals surface area (Å²) < 4.78 is 5.44. The second-order valence-corrected chi connectivity index (χ2v) is 5.30. The van der Waals surface area contributed by atoms with Crippen LogP contribution < -0.4 is 10.1 Å². The third-order valence-corrected chi connectivity index (χ3v) is 3.77. The van der Waals surface area contributed by atoms with E-state index in [0.717, 1.165) is 23.8 Å². The van der Waals surface area contributed by atoms with Gasteiger partial charge in [0.05, 0.1) is 13.7 Å². The Hall–Kier alpha value is -0.710. The van der Waals surface area contributed by atoms with Crippen LogP contribution in [-0.2, 0) is 0 Å². The number of hydrogen-bond acceptors (Lipinski definition) is 4. The summed E-state index contributed by atoms with van der Waals surface area (Å²) in [7, 11) is 1.71. The molecule has 3 nitrogen and oxygen atoms in total. The first-order valence-electron chi connectivity index (χ1n) is 6.29. The van der Waals surface area contributed by atoms with Gasteiger partial charge in [0.2, 0.25) is 0 Å². The van der Waals surface area contributed by atoms with E-state index < -0.39 is 0 Å². The van der Waals surface area contributed by atoms with Crippen LogP contribution in [0.25, 0.3) is 0 Å². The molecule has 0 bridgehead atoms. The Morgan fingerprint density at radius 3 is 2.83 bits per heavy atom. The van der Waals surface area contributed by atoms with E-state index in [-0.39, 0.29) is 12.6 Å². The fourth-order valence-corrected chi connectivity index (χ4v) is 2.73. The molecule has 0 saturated heterocycles. The van der Waals surface area contributed by atoms with E-state index in [1.165, 1.54) is 11.1 Å². The average molecular weight is 269 g/mol. The van der Waals surface area contributed by atoms with Crippen LogP contribution in [0.2, 0.25) is 0 Å². The molecule has 0 fully saturated rings. The van der Waals surface area contributed by atoms with Crippen LogP contribution in [-0.4, -0.2) is 36.9 Å². The number of aryl methyl sites for hydroxylation is 1. The molecule has 0 amide bonds. The van der Waals surface area contributed by atoms with E-state index in [9.17, 15) is 0 Å². The van der Waals surface area contributed by atoms with Crippen LogP contribution >= 0.6 is 11.8 Å². The third kappa shape index (κ3) is 4.52. The molecule has 0 radical (unpaired) electrons. The molecule has 0 aliphatic rings. The molecule has 0 aliphatic heterocycles. The second kappa shape index (κ2) is 8.40. The molecule has 1 rings (SSSR count). The summed E-state index contributed by atoms with van der Waals surface area (Å²) in [6, 6.07) is 6.52. The van der Waals surface area contributed by atoms with Gasteiger partial charge in [-0.05, 0) is 19.5 Å². The first-order valence-corrected chi connectivity index (χ1v) is 7.44. The molecular weight excluding hydrogens is 246 g/mol. The summed E-state index contributed by atoms with van der Waals surface area (Å²) in [5.41, 5.74) is 2.44. The fourth-order valence-electron chi connectivity index (χ4n) is 1.90. The average Bonchev–Trinajstić information content (AvgIpc) is 2.38. The Morgan fingerprint density at radius 2 is 2.22 bits per heavy atom. The standard InChI is InChI=1S/C14H23NO2S/c1-4-15-13(10-18-8-7-16)12-9-11(2)5-6-14(12)17-3/h5-6,9,13,15-16H,4,7-8,10H2,1-3H3. The molecule has 0 aromatic heterocycles. The van der Waals surface area contributed by atoms with Crippen molar-refractivity contribution >= 4 is 11.8 Å². The quantitative estimate of drug-likeness (QED) is 0.711. The largest absolute Gasteiger partial charge is 0.496 e. The molecule has 1 unspecified atom stereocenters. The molecular formula is C14H23NO2S. The molecule has 18 heavy (non-hydrogen) atoms. The van der Waals surface area contributed by atoms with Crippen LogP contribution in [0, 0.1) is 6.92 Å².